The van der Waals surface area contributed by atoms with Crippen LogP contribution in [0, 0.1) is 13.8 Å². The third kappa shape index (κ3) is 5.82. The predicted molar refractivity (Wildman–Crippen MR) is 131 cm³/mol. The molecule has 0 fully saturated rings. The van der Waals surface area contributed by atoms with E-state index in [1.807, 2.05) is 6.92 Å². The highest BCUT2D eigenvalue weighted by Gasteiger charge is 2.14. The molecule has 0 saturated carbocycles. The number of nitrogens with one attached hydrogen (secondary N) is 1. The van der Waals surface area contributed by atoms with Crippen LogP contribution in [0.3, 0.4) is 0 Å². The summed E-state index contributed by atoms with van der Waals surface area (Å²) in [6, 6.07) is 13.6. The van der Waals surface area contributed by atoms with Crippen LogP contribution >= 0.6 is 11.6 Å². The number of halogens is 1. The summed E-state index contributed by atoms with van der Waals surface area (Å²) in [6.07, 6.45) is -1.28. The second kappa shape index (κ2) is 10.8. The lowest BCUT2D eigenvalue weighted by molar-refractivity contribution is 0.0783. The zero-order valence-corrected chi connectivity index (χ0v) is 20.3. The molecule has 2 aromatic carbocycles. The van der Waals surface area contributed by atoms with E-state index in [2.05, 4.69) is 15.1 Å². The molecule has 0 saturated heterocycles. The van der Waals surface area contributed by atoms with Gasteiger partial charge >= 0.3 is 11.4 Å². The van der Waals surface area contributed by atoms with E-state index in [-0.39, 0.29) is 18.7 Å². The molecule has 0 spiro atoms. The standard InChI is InChI=1S/C24H24ClN5O6/c1-14-9-18(7-8-20(14)35-21-10-15(2)36-28-21)26-22-27-23(33)30(12-19(32)13-31)24(34)29(22)11-16-3-5-17(25)6-4-16/h3-10,19,31-32H,11-13H2,1-2H3,(H,26,27,33)/t19-/m0/s1. The van der Waals surface area contributed by atoms with Gasteiger partial charge in [-0.3, -0.25) is 9.55 Å². The first-order valence-electron chi connectivity index (χ1n) is 11.0. The Kier molecular flexibility index (Phi) is 7.53. The number of hydrogen-bond donors (Lipinski definition) is 3. The van der Waals surface area contributed by atoms with Gasteiger partial charge in [-0.15, -0.1) is 0 Å². The normalized spacial score (nSPS) is 12.6. The third-order valence-electron chi connectivity index (χ3n) is 5.25. The van der Waals surface area contributed by atoms with E-state index in [1.165, 1.54) is 4.57 Å². The molecule has 0 aliphatic heterocycles. The van der Waals surface area contributed by atoms with Crippen LogP contribution in [0.15, 0.2) is 67.6 Å². The van der Waals surface area contributed by atoms with Gasteiger partial charge in [-0.05, 0) is 60.5 Å². The summed E-state index contributed by atoms with van der Waals surface area (Å²) < 4.78 is 12.8. The van der Waals surface area contributed by atoms with Crippen molar-refractivity contribution in [3.63, 3.8) is 0 Å². The molecule has 1 atom stereocenters. The summed E-state index contributed by atoms with van der Waals surface area (Å²) in [5.74, 6) is 1.47. The van der Waals surface area contributed by atoms with Crippen LogP contribution in [0.5, 0.6) is 11.6 Å². The van der Waals surface area contributed by atoms with Crippen molar-refractivity contribution in [2.24, 2.45) is 4.99 Å². The smallest absolute Gasteiger partial charge is 0.335 e. The molecule has 4 rings (SSSR count). The Bertz CT molecular complexity index is 1550. The van der Waals surface area contributed by atoms with Crippen LogP contribution in [-0.4, -0.2) is 42.2 Å². The summed E-state index contributed by atoms with van der Waals surface area (Å²) in [6.45, 7) is 2.68. The molecule has 0 amide bonds. The van der Waals surface area contributed by atoms with E-state index in [9.17, 15) is 14.7 Å². The number of benzene rings is 2. The predicted octanol–water partition coefficient (Wildman–Crippen LogP) is 2.02. The molecule has 0 aliphatic rings. The summed E-state index contributed by atoms with van der Waals surface area (Å²) in [7, 11) is 0. The van der Waals surface area contributed by atoms with Crippen molar-refractivity contribution < 1.29 is 19.5 Å². The fraction of sp³-hybridized carbons (Fsp3) is 0.250. The topological polar surface area (TPSA) is 148 Å². The highest BCUT2D eigenvalue weighted by Crippen LogP contribution is 2.27. The van der Waals surface area contributed by atoms with E-state index in [0.29, 0.717) is 28.1 Å². The molecule has 12 heteroatoms. The molecule has 3 N–H and O–H groups in total. The minimum absolute atomic E-state index is 0.00915. The van der Waals surface area contributed by atoms with Crippen LogP contribution in [-0.2, 0) is 13.1 Å². The summed E-state index contributed by atoms with van der Waals surface area (Å²) in [5.41, 5.74) is 0.485. The van der Waals surface area contributed by atoms with Crippen molar-refractivity contribution in [3.05, 3.63) is 97.0 Å². The minimum atomic E-state index is -1.28. The van der Waals surface area contributed by atoms with Gasteiger partial charge in [0.05, 0.1) is 31.5 Å². The molecule has 2 aromatic heterocycles. The number of H-pyrrole nitrogens is 1. The number of hydrogen-bond acceptors (Lipinski definition) is 8. The number of aromatic nitrogens is 4. The molecular formula is C24H24ClN5O6. The van der Waals surface area contributed by atoms with E-state index in [0.717, 1.165) is 15.7 Å². The quantitative estimate of drug-likeness (QED) is 0.326. The summed E-state index contributed by atoms with van der Waals surface area (Å²) >= 11 is 5.97. The Labute approximate surface area is 209 Å². The number of aliphatic hydroxyl groups is 2. The zero-order chi connectivity index (χ0) is 25.8. The van der Waals surface area contributed by atoms with Gasteiger partial charge in [0.15, 0.2) is 0 Å². The van der Waals surface area contributed by atoms with Crippen LogP contribution in [0.25, 0.3) is 0 Å². The fourth-order valence-electron chi connectivity index (χ4n) is 3.43. The first-order valence-corrected chi connectivity index (χ1v) is 11.3. The first-order chi connectivity index (χ1) is 17.2. The molecular weight excluding hydrogens is 490 g/mol. The van der Waals surface area contributed by atoms with Gasteiger partial charge in [-0.1, -0.05) is 23.7 Å². The number of ether oxygens (including phenoxy) is 1. The van der Waals surface area contributed by atoms with E-state index >= 15 is 0 Å². The molecule has 36 heavy (non-hydrogen) atoms. The van der Waals surface area contributed by atoms with Crippen molar-refractivity contribution in [2.45, 2.75) is 33.0 Å². The Balaban J connectivity index is 1.77. The van der Waals surface area contributed by atoms with Crippen molar-refractivity contribution in [1.29, 1.82) is 0 Å². The van der Waals surface area contributed by atoms with Crippen LogP contribution in [0.2, 0.25) is 5.02 Å². The molecule has 188 valence electrons. The number of nitrogens with zero attached hydrogens (tertiary/aromatic N) is 4. The average molecular weight is 514 g/mol. The molecule has 2 heterocycles. The van der Waals surface area contributed by atoms with Crippen LogP contribution in [0.4, 0.5) is 5.69 Å². The second-order valence-electron chi connectivity index (χ2n) is 8.14. The van der Waals surface area contributed by atoms with Crippen molar-refractivity contribution in [2.75, 3.05) is 6.61 Å². The van der Waals surface area contributed by atoms with E-state index in [4.69, 9.17) is 26.0 Å². The van der Waals surface area contributed by atoms with Gasteiger partial charge < -0.3 is 19.5 Å². The fourth-order valence-corrected chi connectivity index (χ4v) is 3.56. The number of rotatable bonds is 8. The molecule has 0 bridgehead atoms. The SMILES string of the molecule is Cc1cc(Oc2ccc(/N=c3\[nH]c(=O)n(C[C@H](O)CO)c(=O)n3Cc3ccc(Cl)cc3)cc2C)no1. The summed E-state index contributed by atoms with van der Waals surface area (Å²) in [5, 5.41) is 23.3. The molecule has 0 radical (unpaired) electrons. The molecule has 0 aliphatic carbocycles. The van der Waals surface area contributed by atoms with E-state index in [1.54, 1.807) is 55.5 Å². The average Bonchev–Trinajstić information content (AvgIpc) is 3.26. The van der Waals surface area contributed by atoms with Gasteiger partial charge in [-0.2, -0.15) is 0 Å². The van der Waals surface area contributed by atoms with Crippen molar-refractivity contribution in [1.82, 2.24) is 19.3 Å². The lowest BCUT2D eigenvalue weighted by Crippen LogP contribution is -2.51. The van der Waals surface area contributed by atoms with Crippen molar-refractivity contribution in [3.8, 4) is 11.6 Å². The number of aryl methyl sites for hydroxylation is 2. The van der Waals surface area contributed by atoms with Gasteiger partial charge in [0.2, 0.25) is 5.62 Å². The maximum Gasteiger partial charge on any atom is 0.335 e. The summed E-state index contributed by atoms with van der Waals surface area (Å²) in [4.78, 5) is 33.0. The largest absolute Gasteiger partial charge is 0.436 e. The Morgan fingerprint density at radius 1 is 1.14 bits per heavy atom. The lowest BCUT2D eigenvalue weighted by Gasteiger charge is -2.13. The van der Waals surface area contributed by atoms with Crippen LogP contribution in [0.1, 0.15) is 16.9 Å². The molecule has 0 unspecified atom stereocenters. The molecule has 4 aromatic rings. The van der Waals surface area contributed by atoms with E-state index < -0.39 is 24.1 Å². The number of aliphatic hydroxyl groups excluding tert-OH is 2. The van der Waals surface area contributed by atoms with Gasteiger partial charge in [0, 0.05) is 11.1 Å². The van der Waals surface area contributed by atoms with Gasteiger partial charge in [0.1, 0.15) is 11.5 Å². The lowest BCUT2D eigenvalue weighted by atomic mass is 10.2. The monoisotopic (exact) mass is 513 g/mol. The minimum Gasteiger partial charge on any atom is -0.436 e. The van der Waals surface area contributed by atoms with Gasteiger partial charge in [-0.25, -0.2) is 19.1 Å². The second-order valence-corrected chi connectivity index (χ2v) is 8.57. The van der Waals surface area contributed by atoms with Gasteiger partial charge in [0.25, 0.3) is 5.88 Å². The maximum absolute atomic E-state index is 13.2. The maximum atomic E-state index is 13.2. The number of aromatic amines is 1. The Morgan fingerprint density at radius 3 is 2.53 bits per heavy atom. The van der Waals surface area contributed by atoms with Crippen LogP contribution < -0.4 is 21.7 Å². The van der Waals surface area contributed by atoms with Crippen molar-refractivity contribution >= 4 is 17.3 Å². The third-order valence-corrected chi connectivity index (χ3v) is 5.51. The first kappa shape index (κ1) is 25.2. The zero-order valence-electron chi connectivity index (χ0n) is 19.5. The Hall–Kier alpha value is -3.93. The highest BCUT2D eigenvalue weighted by atomic mass is 35.5. The highest BCUT2D eigenvalue weighted by molar-refractivity contribution is 6.30. The Morgan fingerprint density at radius 2 is 1.89 bits per heavy atom. The molecule has 11 nitrogen and oxygen atoms in total.